The van der Waals surface area contributed by atoms with E-state index in [-0.39, 0.29) is 29.8 Å². The van der Waals surface area contributed by atoms with Crippen LogP contribution >= 0.6 is 24.0 Å². The van der Waals surface area contributed by atoms with Crippen LogP contribution < -0.4 is 10.6 Å². The van der Waals surface area contributed by atoms with Crippen LogP contribution in [-0.2, 0) is 6.54 Å². The molecule has 3 nitrogen and oxygen atoms in total. The Balaban J connectivity index is 0.00000361. The summed E-state index contributed by atoms with van der Waals surface area (Å²) < 4.78 is 13.1. The van der Waals surface area contributed by atoms with E-state index in [0.29, 0.717) is 12.1 Å². The number of nitrogens with zero attached hydrogens (tertiary/aromatic N) is 1. The summed E-state index contributed by atoms with van der Waals surface area (Å²) in [5.41, 5.74) is 1.72. The van der Waals surface area contributed by atoms with Gasteiger partial charge in [0.15, 0.2) is 5.96 Å². The molecule has 20 heavy (non-hydrogen) atoms. The lowest BCUT2D eigenvalue weighted by atomic mass is 10.1. The molecule has 0 aliphatic carbocycles. The molecule has 2 N–H and O–H groups in total. The van der Waals surface area contributed by atoms with E-state index < -0.39 is 0 Å². The number of rotatable bonds is 6. The largest absolute Gasteiger partial charge is 0.356 e. The van der Waals surface area contributed by atoms with Crippen LogP contribution in [0, 0.1) is 12.7 Å². The molecule has 0 amide bonds. The molecule has 1 aromatic rings. The van der Waals surface area contributed by atoms with Crippen LogP contribution in [0.25, 0.3) is 0 Å². The Morgan fingerprint density at radius 1 is 1.25 bits per heavy atom. The van der Waals surface area contributed by atoms with E-state index in [1.165, 1.54) is 18.9 Å². The first-order chi connectivity index (χ1) is 9.17. The quantitative estimate of drug-likeness (QED) is 0.335. The molecule has 0 aliphatic rings. The predicted molar refractivity (Wildman–Crippen MR) is 94.3 cm³/mol. The summed E-state index contributed by atoms with van der Waals surface area (Å²) in [5, 5.41) is 6.49. The van der Waals surface area contributed by atoms with E-state index in [1.807, 2.05) is 6.07 Å². The van der Waals surface area contributed by atoms with Gasteiger partial charge in [-0.3, -0.25) is 4.99 Å². The van der Waals surface area contributed by atoms with E-state index in [9.17, 15) is 4.39 Å². The van der Waals surface area contributed by atoms with Crippen molar-refractivity contribution in [3.63, 3.8) is 0 Å². The Morgan fingerprint density at radius 3 is 2.60 bits per heavy atom. The van der Waals surface area contributed by atoms with E-state index in [2.05, 4.69) is 22.5 Å². The van der Waals surface area contributed by atoms with Crippen LogP contribution in [0.3, 0.4) is 0 Å². The molecular weight excluding hydrogens is 368 g/mol. The second-order valence-electron chi connectivity index (χ2n) is 4.64. The van der Waals surface area contributed by atoms with Crippen molar-refractivity contribution in [3.8, 4) is 0 Å². The Bertz CT molecular complexity index is 422. The lowest BCUT2D eigenvalue weighted by Crippen LogP contribution is -2.37. The van der Waals surface area contributed by atoms with Crippen LogP contribution in [0.1, 0.15) is 37.3 Å². The smallest absolute Gasteiger partial charge is 0.191 e. The van der Waals surface area contributed by atoms with Gasteiger partial charge < -0.3 is 10.6 Å². The molecule has 0 radical (unpaired) electrons. The zero-order chi connectivity index (χ0) is 14.1. The third-order valence-corrected chi connectivity index (χ3v) is 2.98. The number of hydrogen-bond donors (Lipinski definition) is 2. The van der Waals surface area contributed by atoms with E-state index in [0.717, 1.165) is 24.5 Å². The van der Waals surface area contributed by atoms with E-state index in [4.69, 9.17) is 0 Å². The number of aryl methyl sites for hydroxylation is 1. The van der Waals surface area contributed by atoms with Gasteiger partial charge in [-0.15, -0.1) is 24.0 Å². The zero-order valence-corrected chi connectivity index (χ0v) is 14.8. The Hall–Kier alpha value is -0.850. The maximum atomic E-state index is 13.1. The number of halogens is 2. The van der Waals surface area contributed by atoms with Crippen LogP contribution in [0.4, 0.5) is 4.39 Å². The fraction of sp³-hybridized carbons (Fsp3) is 0.533. The standard InChI is InChI=1S/C15H24FN3.HI/c1-4-5-6-9-18-15(17-3)19-11-13-7-8-14(16)12(2)10-13;/h7-8,10H,4-6,9,11H2,1-3H3,(H2,17,18,19);1H. The van der Waals surface area contributed by atoms with Gasteiger partial charge in [0.25, 0.3) is 0 Å². The summed E-state index contributed by atoms with van der Waals surface area (Å²) in [4.78, 5) is 4.16. The average molecular weight is 393 g/mol. The van der Waals surface area contributed by atoms with Crippen molar-refractivity contribution in [2.75, 3.05) is 13.6 Å². The molecular formula is C15H25FIN3. The van der Waals surface area contributed by atoms with Gasteiger partial charge in [0.1, 0.15) is 5.82 Å². The first-order valence-electron chi connectivity index (χ1n) is 6.87. The number of nitrogens with one attached hydrogen (secondary N) is 2. The third-order valence-electron chi connectivity index (χ3n) is 2.98. The maximum Gasteiger partial charge on any atom is 0.191 e. The summed E-state index contributed by atoms with van der Waals surface area (Å²) in [6, 6.07) is 5.15. The topological polar surface area (TPSA) is 36.4 Å². The monoisotopic (exact) mass is 393 g/mol. The van der Waals surface area contributed by atoms with Crippen LogP contribution in [0.15, 0.2) is 23.2 Å². The highest BCUT2D eigenvalue weighted by molar-refractivity contribution is 14.0. The summed E-state index contributed by atoms with van der Waals surface area (Å²) in [6.45, 7) is 5.53. The summed E-state index contributed by atoms with van der Waals surface area (Å²) >= 11 is 0. The molecule has 0 bridgehead atoms. The SMILES string of the molecule is CCCCCNC(=NC)NCc1ccc(F)c(C)c1.I. The number of hydrogen-bond acceptors (Lipinski definition) is 1. The normalized spacial score (nSPS) is 10.9. The van der Waals surface area contributed by atoms with Crippen molar-refractivity contribution in [2.45, 2.75) is 39.7 Å². The lowest BCUT2D eigenvalue weighted by molar-refractivity contribution is 0.617. The predicted octanol–water partition coefficient (Wildman–Crippen LogP) is 3.61. The van der Waals surface area contributed by atoms with Gasteiger partial charge >= 0.3 is 0 Å². The molecule has 0 atom stereocenters. The number of aliphatic imine (C=N–C) groups is 1. The van der Waals surface area contributed by atoms with Crippen LogP contribution in [0.2, 0.25) is 0 Å². The molecule has 5 heteroatoms. The molecule has 114 valence electrons. The highest BCUT2D eigenvalue weighted by Crippen LogP contribution is 2.08. The summed E-state index contributed by atoms with van der Waals surface area (Å²) in [5.74, 6) is 0.629. The maximum absolute atomic E-state index is 13.1. The van der Waals surface area contributed by atoms with E-state index in [1.54, 1.807) is 20.0 Å². The second kappa shape index (κ2) is 10.9. The molecule has 0 spiro atoms. The number of benzene rings is 1. The van der Waals surface area contributed by atoms with Crippen LogP contribution in [-0.4, -0.2) is 19.6 Å². The number of guanidine groups is 1. The van der Waals surface area contributed by atoms with Gasteiger partial charge in [0.05, 0.1) is 0 Å². The Morgan fingerprint density at radius 2 is 2.00 bits per heavy atom. The van der Waals surface area contributed by atoms with E-state index >= 15 is 0 Å². The van der Waals surface area contributed by atoms with Crippen molar-refractivity contribution in [1.82, 2.24) is 10.6 Å². The molecule has 0 saturated carbocycles. The molecule has 0 heterocycles. The Labute approximate surface area is 138 Å². The summed E-state index contributed by atoms with van der Waals surface area (Å²) in [7, 11) is 1.76. The van der Waals surface area contributed by atoms with Gasteiger partial charge in [-0.1, -0.05) is 31.9 Å². The van der Waals surface area contributed by atoms with Crippen molar-refractivity contribution >= 4 is 29.9 Å². The molecule has 1 rings (SSSR count). The molecule has 0 saturated heterocycles. The average Bonchev–Trinajstić information content (AvgIpc) is 2.42. The molecule has 0 unspecified atom stereocenters. The highest BCUT2D eigenvalue weighted by Gasteiger charge is 2.01. The van der Waals surface area contributed by atoms with Gasteiger partial charge in [-0.2, -0.15) is 0 Å². The van der Waals surface area contributed by atoms with Crippen molar-refractivity contribution in [2.24, 2.45) is 4.99 Å². The fourth-order valence-electron chi connectivity index (χ4n) is 1.80. The minimum atomic E-state index is -0.161. The van der Waals surface area contributed by atoms with Crippen molar-refractivity contribution < 1.29 is 4.39 Å². The minimum absolute atomic E-state index is 0. The van der Waals surface area contributed by atoms with Crippen molar-refractivity contribution in [1.29, 1.82) is 0 Å². The summed E-state index contributed by atoms with van der Waals surface area (Å²) in [6.07, 6.45) is 3.58. The van der Waals surface area contributed by atoms with Gasteiger partial charge in [-0.25, -0.2) is 4.39 Å². The van der Waals surface area contributed by atoms with Crippen molar-refractivity contribution in [3.05, 3.63) is 35.1 Å². The third kappa shape index (κ3) is 7.07. The van der Waals surface area contributed by atoms with Gasteiger partial charge in [0, 0.05) is 20.1 Å². The molecule has 1 aromatic carbocycles. The van der Waals surface area contributed by atoms with Crippen LogP contribution in [0.5, 0.6) is 0 Å². The fourth-order valence-corrected chi connectivity index (χ4v) is 1.80. The second-order valence-corrected chi connectivity index (χ2v) is 4.64. The molecule has 0 aromatic heterocycles. The Kier molecular flexibility index (Phi) is 10.4. The first kappa shape index (κ1) is 19.1. The molecule has 0 aliphatic heterocycles. The van der Waals surface area contributed by atoms with Gasteiger partial charge in [-0.05, 0) is 30.5 Å². The first-order valence-corrected chi connectivity index (χ1v) is 6.87. The minimum Gasteiger partial charge on any atom is -0.356 e. The number of unbranched alkanes of at least 4 members (excludes halogenated alkanes) is 2. The van der Waals surface area contributed by atoms with Gasteiger partial charge in [0.2, 0.25) is 0 Å². The lowest BCUT2D eigenvalue weighted by Gasteiger charge is -2.12. The molecule has 0 fully saturated rings. The highest BCUT2D eigenvalue weighted by atomic mass is 127. The zero-order valence-electron chi connectivity index (χ0n) is 12.5.